The molecule has 1 amide bonds. The number of ether oxygens (including phenoxy) is 3. The summed E-state index contributed by atoms with van der Waals surface area (Å²) in [5.41, 5.74) is 4.79. The fourth-order valence-corrected chi connectivity index (χ4v) is 7.75. The van der Waals surface area contributed by atoms with Crippen molar-refractivity contribution in [2.45, 2.75) is 24.8 Å². The van der Waals surface area contributed by atoms with Crippen LogP contribution in [0, 0.1) is 6.92 Å². The van der Waals surface area contributed by atoms with Crippen LogP contribution in [0.1, 0.15) is 32.6 Å². The standard InChI is InChI=1S/C34H32N4O6S2/c1-22-9-14-28-31(17-22)45-34(36-28)38(35-20-23-18-29(42-2)32(44-4)30(19-23)43-3)33(39)25-10-12-27(13-11-25)46(40,41)37-16-15-24-7-5-6-8-26(24)21-37/h5-14,17-20H,15-16,21H2,1-4H3/b35-20+. The van der Waals surface area contributed by atoms with E-state index in [4.69, 9.17) is 14.2 Å². The van der Waals surface area contributed by atoms with Crippen molar-refractivity contribution < 1.29 is 27.4 Å². The van der Waals surface area contributed by atoms with Gasteiger partial charge in [0.25, 0.3) is 5.91 Å². The van der Waals surface area contributed by atoms with Crippen molar-refractivity contribution in [2.75, 3.05) is 32.9 Å². The van der Waals surface area contributed by atoms with Crippen molar-refractivity contribution in [1.82, 2.24) is 9.29 Å². The van der Waals surface area contributed by atoms with Gasteiger partial charge in [-0.25, -0.2) is 13.4 Å². The van der Waals surface area contributed by atoms with Crippen molar-refractivity contribution in [2.24, 2.45) is 5.10 Å². The number of carbonyl (C=O) groups excluding carboxylic acids is 1. The Balaban J connectivity index is 1.33. The molecule has 0 unspecified atom stereocenters. The molecule has 0 fully saturated rings. The number of carbonyl (C=O) groups is 1. The summed E-state index contributed by atoms with van der Waals surface area (Å²) in [5, 5.41) is 6.13. The number of rotatable bonds is 9. The fraction of sp³-hybridized carbons (Fsp3) is 0.206. The number of benzene rings is 4. The largest absolute Gasteiger partial charge is 0.493 e. The molecule has 12 heteroatoms. The maximum atomic E-state index is 14.0. The van der Waals surface area contributed by atoms with Crippen molar-refractivity contribution in [1.29, 1.82) is 0 Å². The van der Waals surface area contributed by atoms with E-state index < -0.39 is 15.9 Å². The van der Waals surface area contributed by atoms with Crippen molar-refractivity contribution in [3.63, 3.8) is 0 Å². The quantitative estimate of drug-likeness (QED) is 0.140. The van der Waals surface area contributed by atoms with Crippen LogP contribution in [-0.4, -0.2) is 57.7 Å². The Morgan fingerprint density at radius 3 is 2.30 bits per heavy atom. The number of hydrazone groups is 1. The molecule has 6 rings (SSSR count). The van der Waals surface area contributed by atoms with Gasteiger partial charge in [-0.05, 0) is 78.6 Å². The Hall–Kier alpha value is -4.78. The summed E-state index contributed by atoms with van der Waals surface area (Å²) < 4.78 is 45.8. The summed E-state index contributed by atoms with van der Waals surface area (Å²) in [6, 6.07) is 23.1. The summed E-state index contributed by atoms with van der Waals surface area (Å²) >= 11 is 1.33. The van der Waals surface area contributed by atoms with Gasteiger partial charge in [0, 0.05) is 24.2 Å². The van der Waals surface area contributed by atoms with Gasteiger partial charge in [-0.1, -0.05) is 41.7 Å². The lowest BCUT2D eigenvalue weighted by Crippen LogP contribution is -2.36. The number of amides is 1. The average molecular weight is 657 g/mol. The van der Waals surface area contributed by atoms with E-state index >= 15 is 0 Å². The third kappa shape index (κ3) is 6.06. The van der Waals surface area contributed by atoms with Gasteiger partial charge in [0.15, 0.2) is 11.5 Å². The van der Waals surface area contributed by atoms with Gasteiger partial charge in [0.1, 0.15) is 0 Å². The molecular formula is C34H32N4O6S2. The number of hydrogen-bond donors (Lipinski definition) is 0. The zero-order valence-corrected chi connectivity index (χ0v) is 27.4. The third-order valence-corrected chi connectivity index (χ3v) is 10.6. The number of aromatic nitrogens is 1. The Labute approximate surface area is 271 Å². The number of aryl methyl sites for hydroxylation is 1. The molecule has 46 heavy (non-hydrogen) atoms. The summed E-state index contributed by atoms with van der Waals surface area (Å²) in [6.07, 6.45) is 2.15. The zero-order chi connectivity index (χ0) is 32.4. The molecule has 5 aromatic rings. The summed E-state index contributed by atoms with van der Waals surface area (Å²) in [4.78, 5) is 18.8. The lowest BCUT2D eigenvalue weighted by Gasteiger charge is -2.28. The molecule has 0 spiro atoms. The predicted octanol–water partition coefficient (Wildman–Crippen LogP) is 6.06. The number of fused-ring (bicyclic) bond motifs is 2. The minimum atomic E-state index is -3.77. The third-order valence-electron chi connectivity index (χ3n) is 7.75. The van der Waals surface area contributed by atoms with Crippen LogP contribution in [-0.2, 0) is 23.0 Å². The Bertz CT molecular complexity index is 2030. The predicted molar refractivity (Wildman–Crippen MR) is 179 cm³/mol. The summed E-state index contributed by atoms with van der Waals surface area (Å²) in [6.45, 7) is 2.68. The van der Waals surface area contributed by atoms with Crippen LogP contribution < -0.4 is 19.2 Å². The van der Waals surface area contributed by atoms with Gasteiger partial charge in [0.2, 0.25) is 20.9 Å². The van der Waals surface area contributed by atoms with Gasteiger partial charge >= 0.3 is 0 Å². The van der Waals surface area contributed by atoms with Gasteiger partial charge in [-0.2, -0.15) is 14.4 Å². The van der Waals surface area contributed by atoms with Crippen LogP contribution in [0.4, 0.5) is 5.13 Å². The second kappa shape index (κ2) is 12.9. The van der Waals surface area contributed by atoms with Crippen molar-refractivity contribution >= 4 is 48.8 Å². The molecule has 0 saturated heterocycles. The molecule has 10 nitrogen and oxygen atoms in total. The van der Waals surface area contributed by atoms with E-state index in [-0.39, 0.29) is 10.5 Å². The lowest BCUT2D eigenvalue weighted by atomic mass is 10.0. The molecule has 4 aromatic carbocycles. The van der Waals surface area contributed by atoms with E-state index in [1.54, 1.807) is 12.1 Å². The van der Waals surface area contributed by atoms with E-state index in [1.807, 2.05) is 49.4 Å². The normalized spacial score (nSPS) is 13.5. The molecule has 0 saturated carbocycles. The van der Waals surface area contributed by atoms with Crippen LogP contribution >= 0.6 is 11.3 Å². The molecule has 0 atom stereocenters. The fourth-order valence-electron chi connectivity index (χ4n) is 5.32. The Morgan fingerprint density at radius 1 is 0.935 bits per heavy atom. The highest BCUT2D eigenvalue weighted by molar-refractivity contribution is 7.89. The topological polar surface area (TPSA) is 111 Å². The van der Waals surface area contributed by atoms with Crippen molar-refractivity contribution in [3.8, 4) is 17.2 Å². The van der Waals surface area contributed by atoms with Crippen LogP contribution in [0.15, 0.2) is 88.9 Å². The first kappa shape index (κ1) is 31.2. The maximum absolute atomic E-state index is 14.0. The lowest BCUT2D eigenvalue weighted by molar-refractivity contribution is 0.0987. The molecule has 1 aliphatic rings. The van der Waals surface area contributed by atoms with E-state index in [2.05, 4.69) is 10.1 Å². The molecular weight excluding hydrogens is 625 g/mol. The number of sulfonamides is 1. The first-order chi connectivity index (χ1) is 22.2. The van der Waals surface area contributed by atoms with E-state index in [0.717, 1.165) is 26.9 Å². The van der Waals surface area contributed by atoms with Gasteiger partial charge in [-0.3, -0.25) is 4.79 Å². The van der Waals surface area contributed by atoms with E-state index in [1.165, 1.54) is 72.5 Å². The minimum Gasteiger partial charge on any atom is -0.493 e. The number of hydrogen-bond acceptors (Lipinski definition) is 9. The van der Waals surface area contributed by atoms with Crippen LogP contribution in [0.25, 0.3) is 10.2 Å². The number of methoxy groups -OCH3 is 3. The molecule has 1 aromatic heterocycles. The number of nitrogens with zero attached hydrogens (tertiary/aromatic N) is 4. The van der Waals surface area contributed by atoms with Crippen LogP contribution in [0.5, 0.6) is 17.2 Å². The van der Waals surface area contributed by atoms with Gasteiger partial charge < -0.3 is 14.2 Å². The highest BCUT2D eigenvalue weighted by Gasteiger charge is 2.29. The van der Waals surface area contributed by atoms with Crippen molar-refractivity contribution in [3.05, 3.63) is 107 Å². The highest BCUT2D eigenvalue weighted by Crippen LogP contribution is 2.38. The second-order valence-corrected chi connectivity index (χ2v) is 13.6. The van der Waals surface area contributed by atoms with Gasteiger partial charge in [0.05, 0.1) is 42.7 Å². The first-order valence-corrected chi connectivity index (χ1v) is 16.7. The molecule has 1 aliphatic heterocycles. The number of thiazole rings is 1. The molecule has 0 bridgehead atoms. The smallest absolute Gasteiger partial charge is 0.280 e. The molecule has 0 radical (unpaired) electrons. The second-order valence-electron chi connectivity index (χ2n) is 10.7. The van der Waals surface area contributed by atoms with E-state index in [9.17, 15) is 13.2 Å². The first-order valence-electron chi connectivity index (χ1n) is 14.4. The minimum absolute atomic E-state index is 0.117. The molecule has 236 valence electrons. The monoisotopic (exact) mass is 656 g/mol. The van der Waals surface area contributed by atoms with Crippen LogP contribution in [0.3, 0.4) is 0 Å². The highest BCUT2D eigenvalue weighted by atomic mass is 32.2. The molecule has 2 heterocycles. The summed E-state index contributed by atoms with van der Waals surface area (Å²) in [7, 11) is 0.786. The SMILES string of the molecule is COc1cc(/C=N/N(C(=O)c2ccc(S(=O)(=O)N3CCc4ccccc4C3)cc2)c2nc3ccc(C)cc3s2)cc(OC)c1OC. The average Bonchev–Trinajstić information content (AvgIpc) is 3.50. The number of anilines is 1. The zero-order valence-electron chi connectivity index (χ0n) is 25.8. The Morgan fingerprint density at radius 2 is 1.63 bits per heavy atom. The molecule has 0 N–H and O–H groups in total. The molecule has 0 aliphatic carbocycles. The van der Waals surface area contributed by atoms with Crippen LogP contribution in [0.2, 0.25) is 0 Å². The summed E-state index contributed by atoms with van der Waals surface area (Å²) in [5.74, 6) is 0.826. The van der Waals surface area contributed by atoms with Gasteiger partial charge in [-0.15, -0.1) is 0 Å². The van der Waals surface area contributed by atoms with E-state index in [0.29, 0.717) is 47.5 Å². The maximum Gasteiger partial charge on any atom is 0.280 e. The Kier molecular flexibility index (Phi) is 8.76.